The highest BCUT2D eigenvalue weighted by atomic mass is 15.1. The summed E-state index contributed by atoms with van der Waals surface area (Å²) in [6.07, 6.45) is 8.99. The number of rotatable bonds is 12. The summed E-state index contributed by atoms with van der Waals surface area (Å²) in [5.74, 6) is 0. The summed E-state index contributed by atoms with van der Waals surface area (Å²) in [5, 5.41) is 0. The second-order valence-electron chi connectivity index (χ2n) is 23.8. The Balaban J connectivity index is 0.725. The van der Waals surface area contributed by atoms with Crippen molar-refractivity contribution in [2.45, 2.75) is 66.2 Å². The summed E-state index contributed by atoms with van der Waals surface area (Å²) < 4.78 is 0. The average Bonchev–Trinajstić information content (AvgIpc) is 2.34. The maximum atomic E-state index is 2.43. The van der Waals surface area contributed by atoms with Crippen LogP contribution >= 0.6 is 0 Å². The number of aryl methyl sites for hydroxylation is 4. The molecule has 0 saturated heterocycles. The van der Waals surface area contributed by atoms with E-state index in [1.54, 1.807) is 0 Å². The third-order valence-corrected chi connectivity index (χ3v) is 17.1. The molecule has 0 amide bonds. The number of anilines is 6. The van der Waals surface area contributed by atoms with Crippen LogP contribution in [-0.4, -0.2) is 0 Å². The number of nitrogens with zero attached hydrogens (tertiary/aromatic N) is 2. The summed E-state index contributed by atoms with van der Waals surface area (Å²) in [7, 11) is 0. The molecular formula is C80H68N2. The Bertz CT molecular complexity index is 3990. The normalized spacial score (nSPS) is 13.5. The molecule has 0 fully saturated rings. The highest BCUT2D eigenvalue weighted by Gasteiger charge is 2.38. The quantitative estimate of drug-likeness (QED) is 0.113. The van der Waals surface area contributed by atoms with Gasteiger partial charge in [-0.25, -0.2) is 0 Å². The van der Waals surface area contributed by atoms with E-state index < -0.39 is 0 Å². The molecule has 13 rings (SSSR count). The molecule has 0 bridgehead atoms. The predicted molar refractivity (Wildman–Crippen MR) is 351 cm³/mol. The summed E-state index contributed by atoms with van der Waals surface area (Å²) in [6, 6.07) is 90.0. The minimum Gasteiger partial charge on any atom is -0.310 e. The van der Waals surface area contributed by atoms with Crippen molar-refractivity contribution in [1.29, 1.82) is 0 Å². The summed E-state index contributed by atoms with van der Waals surface area (Å²) in [5.41, 5.74) is 31.7. The molecule has 2 aliphatic carbocycles. The van der Waals surface area contributed by atoms with Gasteiger partial charge in [0.1, 0.15) is 0 Å². The minimum atomic E-state index is -0.194. The van der Waals surface area contributed by atoms with Crippen LogP contribution < -0.4 is 9.80 Å². The van der Waals surface area contributed by atoms with Crippen LogP contribution in [0.4, 0.5) is 34.1 Å². The van der Waals surface area contributed by atoms with Crippen LogP contribution in [0.1, 0.15) is 94.5 Å². The minimum absolute atomic E-state index is 0.194. The lowest BCUT2D eigenvalue weighted by Crippen LogP contribution is -2.17. The van der Waals surface area contributed by atoms with Crippen molar-refractivity contribution in [3.05, 3.63) is 309 Å². The molecule has 0 heterocycles. The first-order valence-electron chi connectivity index (χ1n) is 28.9. The Labute approximate surface area is 485 Å². The molecule has 398 valence electrons. The van der Waals surface area contributed by atoms with Gasteiger partial charge in [0.25, 0.3) is 0 Å². The van der Waals surface area contributed by atoms with Gasteiger partial charge in [0.15, 0.2) is 0 Å². The van der Waals surface area contributed by atoms with Crippen molar-refractivity contribution in [2.75, 3.05) is 9.80 Å². The fraction of sp³-hybridized carbons (Fsp3) is 0.125. The van der Waals surface area contributed by atoms with Crippen LogP contribution in [-0.2, 0) is 10.8 Å². The lowest BCUT2D eigenvalue weighted by atomic mass is 9.81. The zero-order chi connectivity index (χ0) is 56.3. The zero-order valence-corrected chi connectivity index (χ0v) is 48.3. The molecule has 2 aliphatic rings. The highest BCUT2D eigenvalue weighted by molar-refractivity contribution is 5.90. The molecular weight excluding hydrogens is 989 g/mol. The van der Waals surface area contributed by atoms with Crippen molar-refractivity contribution in [2.24, 2.45) is 0 Å². The van der Waals surface area contributed by atoms with Crippen LogP contribution in [0.5, 0.6) is 0 Å². The molecule has 2 nitrogen and oxygen atoms in total. The maximum Gasteiger partial charge on any atom is 0.0467 e. The van der Waals surface area contributed by atoms with Gasteiger partial charge in [-0.15, -0.1) is 0 Å². The summed E-state index contributed by atoms with van der Waals surface area (Å²) in [4.78, 5) is 4.86. The standard InChI is InChI=1S/C80H68N2/c1-53-41-54(2)44-69(43-53)81(65-23-15-21-63(49-65)61-17-11-9-12-18-61)67-35-39-73-71-37-33-59(47-75(71)79(5,6)77(73)51-67)31-29-57-25-27-58(28-26-57)30-32-60-34-38-72-74-40-36-68(52-78(74)80(7,8)76(72)48-60)82(70-45-55(3)42-56(4)46-70)66-24-16-22-64(50-66)62-19-13-10-14-20-62/h9-52H,1-8H3. The van der Waals surface area contributed by atoms with Gasteiger partial charge >= 0.3 is 0 Å². The molecule has 0 aromatic heterocycles. The lowest BCUT2D eigenvalue weighted by Gasteiger charge is -2.29. The molecule has 0 saturated carbocycles. The van der Waals surface area contributed by atoms with Crippen LogP contribution in [0.15, 0.2) is 243 Å². The molecule has 0 radical (unpaired) electrons. The van der Waals surface area contributed by atoms with E-state index in [4.69, 9.17) is 0 Å². The third kappa shape index (κ3) is 9.79. The molecule has 0 unspecified atom stereocenters. The first kappa shape index (κ1) is 51.9. The first-order chi connectivity index (χ1) is 39.7. The van der Waals surface area contributed by atoms with E-state index in [1.807, 2.05) is 0 Å². The van der Waals surface area contributed by atoms with Crippen LogP contribution in [0.25, 0.3) is 68.8 Å². The van der Waals surface area contributed by atoms with E-state index in [0.717, 1.165) is 34.1 Å². The van der Waals surface area contributed by atoms with E-state index in [2.05, 4.69) is 332 Å². The number of fused-ring (bicyclic) bond motifs is 6. The Kier molecular flexibility index (Phi) is 13.2. The van der Waals surface area contributed by atoms with Crippen LogP contribution in [0.3, 0.4) is 0 Å². The van der Waals surface area contributed by atoms with E-state index in [-0.39, 0.29) is 10.8 Å². The Morgan fingerprint density at radius 2 is 0.549 bits per heavy atom. The van der Waals surface area contributed by atoms with Crippen molar-refractivity contribution in [1.82, 2.24) is 0 Å². The summed E-state index contributed by atoms with van der Waals surface area (Å²) in [6.45, 7) is 18.3. The summed E-state index contributed by atoms with van der Waals surface area (Å²) >= 11 is 0. The largest absolute Gasteiger partial charge is 0.310 e. The Hall–Kier alpha value is -9.50. The maximum absolute atomic E-state index is 2.43. The second kappa shape index (κ2) is 20.9. The van der Waals surface area contributed by atoms with Gasteiger partial charge in [-0.1, -0.05) is 222 Å². The molecule has 2 heteroatoms. The van der Waals surface area contributed by atoms with Gasteiger partial charge < -0.3 is 9.80 Å². The molecule has 0 N–H and O–H groups in total. The van der Waals surface area contributed by atoms with E-state index >= 15 is 0 Å². The first-order valence-corrected chi connectivity index (χ1v) is 28.9. The number of hydrogen-bond acceptors (Lipinski definition) is 2. The second-order valence-corrected chi connectivity index (χ2v) is 23.8. The van der Waals surface area contributed by atoms with Gasteiger partial charge in [-0.2, -0.15) is 0 Å². The molecule has 82 heavy (non-hydrogen) atoms. The molecule has 0 spiro atoms. The molecule has 11 aromatic carbocycles. The highest BCUT2D eigenvalue weighted by Crippen LogP contribution is 2.53. The number of benzene rings is 11. The van der Waals surface area contributed by atoms with Gasteiger partial charge in [0, 0.05) is 45.0 Å². The number of hydrogen-bond donors (Lipinski definition) is 0. The fourth-order valence-corrected chi connectivity index (χ4v) is 13.0. The Morgan fingerprint density at radius 1 is 0.244 bits per heavy atom. The van der Waals surface area contributed by atoms with E-state index in [0.29, 0.717) is 0 Å². The van der Waals surface area contributed by atoms with Crippen molar-refractivity contribution < 1.29 is 0 Å². The third-order valence-electron chi connectivity index (χ3n) is 17.1. The smallest absolute Gasteiger partial charge is 0.0467 e. The van der Waals surface area contributed by atoms with Crippen LogP contribution in [0.2, 0.25) is 0 Å². The van der Waals surface area contributed by atoms with Crippen molar-refractivity contribution >= 4 is 58.4 Å². The fourth-order valence-electron chi connectivity index (χ4n) is 13.0. The topological polar surface area (TPSA) is 6.48 Å². The predicted octanol–water partition coefficient (Wildman–Crippen LogP) is 22.1. The lowest BCUT2D eigenvalue weighted by molar-refractivity contribution is 0.660. The van der Waals surface area contributed by atoms with Crippen molar-refractivity contribution in [3.8, 4) is 44.5 Å². The van der Waals surface area contributed by atoms with Gasteiger partial charge in [0.05, 0.1) is 0 Å². The monoisotopic (exact) mass is 1060 g/mol. The van der Waals surface area contributed by atoms with E-state index in [9.17, 15) is 0 Å². The SMILES string of the molecule is Cc1cc(C)cc(N(c2cccc(-c3ccccc3)c2)c2ccc3c(c2)C(C)(C)c2cc(C=Cc4ccc(C=Cc5ccc6c(c5)C(C)(C)c5cc(N(c7cc(C)cc(C)c7)c7cccc(-c8ccccc8)c7)ccc5-6)cc4)ccc2-3)c1. The molecule has 0 aliphatic heterocycles. The van der Waals surface area contributed by atoms with Gasteiger partial charge in [-0.05, 0) is 212 Å². The van der Waals surface area contributed by atoms with Gasteiger partial charge in [-0.3, -0.25) is 0 Å². The molecule has 11 aromatic rings. The molecule has 0 atom stereocenters. The van der Waals surface area contributed by atoms with Gasteiger partial charge in [0.2, 0.25) is 0 Å². The Morgan fingerprint density at radius 3 is 0.927 bits per heavy atom. The van der Waals surface area contributed by atoms with Crippen LogP contribution in [0, 0.1) is 27.7 Å². The zero-order valence-electron chi connectivity index (χ0n) is 48.3. The van der Waals surface area contributed by atoms with E-state index in [1.165, 1.54) is 111 Å². The average molecular weight is 1060 g/mol. The van der Waals surface area contributed by atoms with Crippen molar-refractivity contribution in [3.63, 3.8) is 0 Å².